The van der Waals surface area contributed by atoms with Gasteiger partial charge in [-0.25, -0.2) is 0 Å². The van der Waals surface area contributed by atoms with Gasteiger partial charge in [0.1, 0.15) is 0 Å². The zero-order chi connectivity index (χ0) is 15.4. The van der Waals surface area contributed by atoms with Gasteiger partial charge in [0.25, 0.3) is 5.91 Å². The first kappa shape index (κ1) is 14.9. The Balaban J connectivity index is 1.54. The van der Waals surface area contributed by atoms with E-state index in [1.165, 1.54) is 5.56 Å². The number of benzene rings is 1. The second-order valence-electron chi connectivity index (χ2n) is 5.52. The summed E-state index contributed by atoms with van der Waals surface area (Å²) in [4.78, 5) is 16.1. The number of nitrogens with zero attached hydrogens (tertiary/aromatic N) is 1. The molecule has 1 aliphatic rings. The van der Waals surface area contributed by atoms with Crippen molar-refractivity contribution in [2.24, 2.45) is 0 Å². The van der Waals surface area contributed by atoms with Gasteiger partial charge in [0.05, 0.1) is 11.3 Å². The third-order valence-electron chi connectivity index (χ3n) is 3.54. The molecule has 22 heavy (non-hydrogen) atoms. The Morgan fingerprint density at radius 1 is 1.27 bits per heavy atom. The van der Waals surface area contributed by atoms with E-state index in [0.717, 1.165) is 36.5 Å². The van der Waals surface area contributed by atoms with E-state index in [1.54, 1.807) is 12.4 Å². The maximum absolute atomic E-state index is 12.0. The number of carbonyl (C=O) groups is 1. The van der Waals surface area contributed by atoms with Gasteiger partial charge < -0.3 is 10.6 Å². The normalized spacial score (nSPS) is 13.7. The van der Waals surface area contributed by atoms with Gasteiger partial charge in [-0.2, -0.15) is 0 Å². The summed E-state index contributed by atoms with van der Waals surface area (Å²) in [5.74, 6) is -0.0477. The first-order valence-electron chi connectivity index (χ1n) is 7.45. The minimum absolute atomic E-state index is 0.0477. The molecule has 1 aromatic heterocycles. The van der Waals surface area contributed by atoms with Gasteiger partial charge in [-0.1, -0.05) is 23.7 Å². The molecule has 1 aliphatic carbocycles. The molecule has 1 aromatic carbocycles. The summed E-state index contributed by atoms with van der Waals surface area (Å²) in [5, 5.41) is 7.00. The first-order valence-corrected chi connectivity index (χ1v) is 7.83. The minimum atomic E-state index is -0.0477. The van der Waals surface area contributed by atoms with Gasteiger partial charge in [-0.3, -0.25) is 9.78 Å². The third kappa shape index (κ3) is 4.21. The van der Waals surface area contributed by atoms with Crippen molar-refractivity contribution in [3.05, 3.63) is 58.9 Å². The van der Waals surface area contributed by atoms with Crippen molar-refractivity contribution in [3.8, 4) is 0 Å². The average Bonchev–Trinajstić information content (AvgIpc) is 3.32. The smallest absolute Gasteiger partial charge is 0.253 e. The monoisotopic (exact) mass is 315 g/mol. The van der Waals surface area contributed by atoms with Crippen LogP contribution < -0.4 is 10.6 Å². The molecule has 3 rings (SSSR count). The second kappa shape index (κ2) is 6.79. The molecule has 0 saturated heterocycles. The fourth-order valence-electron chi connectivity index (χ4n) is 2.20. The van der Waals surface area contributed by atoms with Crippen molar-refractivity contribution in [2.45, 2.75) is 25.3 Å². The number of pyridine rings is 1. The Hall–Kier alpha value is -2.07. The van der Waals surface area contributed by atoms with Gasteiger partial charge in [0.2, 0.25) is 0 Å². The Labute approximate surface area is 134 Å². The van der Waals surface area contributed by atoms with E-state index >= 15 is 0 Å². The maximum atomic E-state index is 12.0. The minimum Gasteiger partial charge on any atom is -0.383 e. The number of carbonyl (C=O) groups excluding carboxylic acids is 1. The predicted octanol–water partition coefficient (Wildman–Crippen LogP) is 3.28. The molecule has 5 heteroatoms. The second-order valence-corrected chi connectivity index (χ2v) is 5.95. The van der Waals surface area contributed by atoms with Gasteiger partial charge >= 0.3 is 0 Å². The number of hydrogen-bond donors (Lipinski definition) is 2. The Kier molecular flexibility index (Phi) is 4.59. The summed E-state index contributed by atoms with van der Waals surface area (Å²) in [7, 11) is 0. The molecule has 1 amide bonds. The molecule has 4 nitrogen and oxygen atoms in total. The topological polar surface area (TPSA) is 54.0 Å². The van der Waals surface area contributed by atoms with Crippen LogP contribution in [0.1, 0.15) is 28.8 Å². The van der Waals surface area contributed by atoms with Crippen LogP contribution >= 0.6 is 11.6 Å². The van der Waals surface area contributed by atoms with Crippen molar-refractivity contribution in [2.75, 3.05) is 11.9 Å². The Bertz CT molecular complexity index is 670. The summed E-state index contributed by atoms with van der Waals surface area (Å²) in [6.07, 6.45) is 6.35. The molecule has 2 aromatic rings. The van der Waals surface area contributed by atoms with Crippen LogP contribution in [0.4, 0.5) is 5.69 Å². The van der Waals surface area contributed by atoms with Crippen LogP contribution in [0.5, 0.6) is 0 Å². The summed E-state index contributed by atoms with van der Waals surface area (Å²) in [6, 6.07) is 10.0. The lowest BCUT2D eigenvalue weighted by Crippen LogP contribution is -2.25. The van der Waals surface area contributed by atoms with Crippen molar-refractivity contribution in [1.29, 1.82) is 0 Å². The largest absolute Gasteiger partial charge is 0.383 e. The summed E-state index contributed by atoms with van der Waals surface area (Å²) < 4.78 is 0. The molecule has 0 radical (unpaired) electrons. The summed E-state index contributed by atoms with van der Waals surface area (Å²) >= 11 is 5.97. The molecule has 1 saturated carbocycles. The first-order chi connectivity index (χ1) is 10.7. The van der Waals surface area contributed by atoms with Crippen molar-refractivity contribution >= 4 is 23.2 Å². The van der Waals surface area contributed by atoms with E-state index < -0.39 is 0 Å². The molecule has 0 aliphatic heterocycles. The van der Waals surface area contributed by atoms with E-state index in [9.17, 15) is 4.79 Å². The SMILES string of the molecule is O=C(NC1CC1)c1cncc(NCCc2cccc(Cl)c2)c1. The fraction of sp³-hybridized carbons (Fsp3) is 0.294. The number of nitrogens with one attached hydrogen (secondary N) is 2. The van der Waals surface area contributed by atoms with Crippen molar-refractivity contribution in [1.82, 2.24) is 10.3 Å². The van der Waals surface area contributed by atoms with Gasteiger partial charge in [0, 0.05) is 30.0 Å². The highest BCUT2D eigenvalue weighted by molar-refractivity contribution is 6.30. The fourth-order valence-corrected chi connectivity index (χ4v) is 2.41. The molecule has 0 unspecified atom stereocenters. The molecule has 0 bridgehead atoms. The van der Waals surface area contributed by atoms with Crippen LogP contribution in [0, 0.1) is 0 Å². The van der Waals surface area contributed by atoms with Gasteiger partial charge in [0.15, 0.2) is 0 Å². The molecular weight excluding hydrogens is 298 g/mol. The molecule has 1 heterocycles. The number of hydrogen-bond acceptors (Lipinski definition) is 3. The molecule has 1 fully saturated rings. The Morgan fingerprint density at radius 3 is 2.91 bits per heavy atom. The zero-order valence-electron chi connectivity index (χ0n) is 12.2. The lowest BCUT2D eigenvalue weighted by atomic mass is 10.1. The average molecular weight is 316 g/mol. The third-order valence-corrected chi connectivity index (χ3v) is 3.78. The van der Waals surface area contributed by atoms with Crippen molar-refractivity contribution < 1.29 is 4.79 Å². The zero-order valence-corrected chi connectivity index (χ0v) is 12.9. The number of halogens is 1. The maximum Gasteiger partial charge on any atom is 0.253 e. The highest BCUT2D eigenvalue weighted by Crippen LogP contribution is 2.19. The van der Waals surface area contributed by atoms with Crippen LogP contribution in [-0.2, 0) is 6.42 Å². The number of anilines is 1. The van der Waals surface area contributed by atoms with E-state index in [1.807, 2.05) is 30.3 Å². The van der Waals surface area contributed by atoms with E-state index in [-0.39, 0.29) is 5.91 Å². The van der Waals surface area contributed by atoms with Gasteiger partial charge in [-0.15, -0.1) is 0 Å². The standard InChI is InChI=1S/C17H18ClN3O/c18-14-3-1-2-12(8-14)6-7-20-16-9-13(10-19-11-16)17(22)21-15-4-5-15/h1-3,8-11,15,20H,4-7H2,(H,21,22). The van der Waals surface area contributed by atoms with Crippen LogP contribution in [0.3, 0.4) is 0 Å². The van der Waals surface area contributed by atoms with Gasteiger partial charge in [-0.05, 0) is 43.0 Å². The molecule has 2 N–H and O–H groups in total. The van der Waals surface area contributed by atoms with E-state index in [4.69, 9.17) is 11.6 Å². The summed E-state index contributed by atoms with van der Waals surface area (Å²) in [6.45, 7) is 0.760. The number of aromatic nitrogens is 1. The van der Waals surface area contributed by atoms with Crippen LogP contribution in [0.25, 0.3) is 0 Å². The predicted molar refractivity (Wildman–Crippen MR) is 88.4 cm³/mol. The molecule has 114 valence electrons. The van der Waals surface area contributed by atoms with Crippen LogP contribution in [0.15, 0.2) is 42.7 Å². The van der Waals surface area contributed by atoms with E-state index in [0.29, 0.717) is 11.6 Å². The number of amides is 1. The molecule has 0 atom stereocenters. The van der Waals surface area contributed by atoms with Crippen molar-refractivity contribution in [3.63, 3.8) is 0 Å². The Morgan fingerprint density at radius 2 is 2.14 bits per heavy atom. The lowest BCUT2D eigenvalue weighted by molar-refractivity contribution is 0.0951. The van der Waals surface area contributed by atoms with E-state index in [2.05, 4.69) is 15.6 Å². The summed E-state index contributed by atoms with van der Waals surface area (Å²) in [5.41, 5.74) is 2.63. The number of rotatable bonds is 6. The van der Waals surface area contributed by atoms with Crippen LogP contribution in [0.2, 0.25) is 5.02 Å². The highest BCUT2D eigenvalue weighted by atomic mass is 35.5. The van der Waals surface area contributed by atoms with Crippen LogP contribution in [-0.4, -0.2) is 23.5 Å². The highest BCUT2D eigenvalue weighted by Gasteiger charge is 2.23. The lowest BCUT2D eigenvalue weighted by Gasteiger charge is -2.08. The molecular formula is C17H18ClN3O. The quantitative estimate of drug-likeness (QED) is 0.860. The molecule has 0 spiro atoms.